The smallest absolute Gasteiger partial charge is 0.167 e. The molecule has 0 aliphatic heterocycles. The van der Waals surface area contributed by atoms with E-state index >= 15 is 0 Å². The van der Waals surface area contributed by atoms with Crippen LogP contribution in [0.25, 0.3) is 0 Å². The number of halogens is 1. The molecular weight excluding hydrogens is 167 g/mol. The zero-order chi connectivity index (χ0) is 10.6. The van der Waals surface area contributed by atoms with E-state index in [1.807, 2.05) is 27.7 Å². The number of nitrogens with zero attached hydrogens (tertiary/aromatic N) is 2. The molecule has 3 heteroatoms. The van der Waals surface area contributed by atoms with E-state index < -0.39 is 0 Å². The lowest BCUT2D eigenvalue weighted by molar-refractivity contribution is 0.589. The molecule has 0 N–H and O–H groups in total. The Morgan fingerprint density at radius 1 is 1.31 bits per heavy atom. The topological polar surface area (TPSA) is 17.8 Å². The molecule has 0 aromatic carbocycles. The van der Waals surface area contributed by atoms with Gasteiger partial charge in [-0.15, -0.1) is 0 Å². The third-order valence-electron chi connectivity index (χ3n) is 1.83. The van der Waals surface area contributed by atoms with Gasteiger partial charge in [-0.1, -0.05) is 27.7 Å². The molecule has 0 spiro atoms. The molecule has 0 unspecified atom stereocenters. The summed E-state index contributed by atoms with van der Waals surface area (Å²) < 4.78 is 14.8. The summed E-state index contributed by atoms with van der Waals surface area (Å²) in [6.07, 6.45) is 0. The molecule has 0 aliphatic carbocycles. The Bertz CT molecular complexity index is 264. The molecule has 1 heterocycles. The minimum absolute atomic E-state index is 0.162. The average molecular weight is 186 g/mol. The van der Waals surface area contributed by atoms with Crippen molar-refractivity contribution in [1.29, 1.82) is 0 Å². The molecule has 0 atom stereocenters. The molecule has 1 aromatic heterocycles. The van der Waals surface area contributed by atoms with Crippen molar-refractivity contribution in [2.75, 3.05) is 0 Å². The predicted octanol–water partition coefficient (Wildman–Crippen LogP) is 3.02. The first-order chi connectivity index (χ1) is 6.04. The van der Waals surface area contributed by atoms with Crippen LogP contribution in [-0.2, 0) is 7.05 Å². The summed E-state index contributed by atoms with van der Waals surface area (Å²) in [4.78, 5) is 0. The Labute approximate surface area is 79.8 Å². The lowest BCUT2D eigenvalue weighted by Gasteiger charge is -1.96. The SMILES string of the molecule is CC.Cc1c(F)c(C(C)C)nn1C. The fourth-order valence-corrected chi connectivity index (χ4v) is 0.977. The Balaban J connectivity index is 0.000000671. The number of aryl methyl sites for hydroxylation is 1. The van der Waals surface area contributed by atoms with Crippen LogP contribution in [0.3, 0.4) is 0 Å². The standard InChI is InChI=1S/C8H13FN2.C2H6/c1-5(2)8-7(9)6(3)11(4)10-8;1-2/h5H,1-4H3;1-2H3. The monoisotopic (exact) mass is 186 g/mol. The van der Waals surface area contributed by atoms with Gasteiger partial charge in [-0.25, -0.2) is 4.39 Å². The van der Waals surface area contributed by atoms with E-state index in [2.05, 4.69) is 5.10 Å². The molecule has 76 valence electrons. The van der Waals surface area contributed by atoms with E-state index in [0.717, 1.165) is 0 Å². The van der Waals surface area contributed by atoms with Crippen molar-refractivity contribution >= 4 is 0 Å². The van der Waals surface area contributed by atoms with Gasteiger partial charge in [0.15, 0.2) is 5.82 Å². The number of hydrogen-bond acceptors (Lipinski definition) is 1. The van der Waals surface area contributed by atoms with E-state index in [4.69, 9.17) is 0 Å². The van der Waals surface area contributed by atoms with Gasteiger partial charge in [0.2, 0.25) is 0 Å². The van der Waals surface area contributed by atoms with E-state index in [0.29, 0.717) is 11.4 Å². The summed E-state index contributed by atoms with van der Waals surface area (Å²) >= 11 is 0. The minimum atomic E-state index is -0.164. The van der Waals surface area contributed by atoms with Crippen molar-refractivity contribution in [2.45, 2.75) is 40.5 Å². The summed E-state index contributed by atoms with van der Waals surface area (Å²) in [6, 6.07) is 0. The second kappa shape index (κ2) is 5.00. The molecule has 2 nitrogen and oxygen atoms in total. The first-order valence-electron chi connectivity index (χ1n) is 4.73. The van der Waals surface area contributed by atoms with Crippen LogP contribution >= 0.6 is 0 Å². The Hall–Kier alpha value is -0.860. The molecule has 13 heavy (non-hydrogen) atoms. The summed E-state index contributed by atoms with van der Waals surface area (Å²) in [5.41, 5.74) is 1.17. The molecule has 1 aromatic rings. The fourth-order valence-electron chi connectivity index (χ4n) is 0.977. The van der Waals surface area contributed by atoms with Gasteiger partial charge < -0.3 is 0 Å². The van der Waals surface area contributed by atoms with Crippen molar-refractivity contribution in [1.82, 2.24) is 9.78 Å². The molecule has 0 saturated carbocycles. The van der Waals surface area contributed by atoms with E-state index in [1.165, 1.54) is 0 Å². The largest absolute Gasteiger partial charge is 0.270 e. The molecule has 0 amide bonds. The number of rotatable bonds is 1. The normalized spacial score (nSPS) is 9.85. The van der Waals surface area contributed by atoms with Gasteiger partial charge in [-0.3, -0.25) is 4.68 Å². The zero-order valence-corrected chi connectivity index (χ0v) is 9.35. The maximum absolute atomic E-state index is 13.2. The summed E-state index contributed by atoms with van der Waals surface area (Å²) in [5, 5.41) is 4.05. The van der Waals surface area contributed by atoms with Crippen LogP contribution < -0.4 is 0 Å². The molecule has 0 saturated heterocycles. The molecule has 0 aliphatic rings. The summed E-state index contributed by atoms with van der Waals surface area (Å²) in [6.45, 7) is 9.60. The van der Waals surface area contributed by atoms with Crippen LogP contribution in [0.1, 0.15) is 45.0 Å². The molecule has 0 fully saturated rings. The van der Waals surface area contributed by atoms with Gasteiger partial charge in [0, 0.05) is 13.0 Å². The van der Waals surface area contributed by atoms with Crippen molar-refractivity contribution in [3.05, 3.63) is 17.2 Å². The van der Waals surface area contributed by atoms with Crippen LogP contribution in [0.5, 0.6) is 0 Å². The first-order valence-corrected chi connectivity index (χ1v) is 4.73. The van der Waals surface area contributed by atoms with E-state index in [-0.39, 0.29) is 11.7 Å². The van der Waals surface area contributed by atoms with Crippen molar-refractivity contribution in [3.8, 4) is 0 Å². The summed E-state index contributed by atoms with van der Waals surface area (Å²) in [5.74, 6) is -0.00241. The zero-order valence-electron chi connectivity index (χ0n) is 9.35. The van der Waals surface area contributed by atoms with E-state index in [1.54, 1.807) is 18.7 Å². The summed E-state index contributed by atoms with van der Waals surface area (Å²) in [7, 11) is 1.75. The van der Waals surface area contributed by atoms with Crippen molar-refractivity contribution in [3.63, 3.8) is 0 Å². The highest BCUT2D eigenvalue weighted by molar-refractivity contribution is 5.14. The second-order valence-electron chi connectivity index (χ2n) is 3.06. The molecular formula is C10H19FN2. The minimum Gasteiger partial charge on any atom is -0.270 e. The van der Waals surface area contributed by atoms with Gasteiger partial charge in [-0.05, 0) is 6.92 Å². The Morgan fingerprint density at radius 3 is 1.92 bits per heavy atom. The van der Waals surface area contributed by atoms with Crippen LogP contribution in [0.15, 0.2) is 0 Å². The number of hydrogen-bond donors (Lipinski definition) is 0. The lowest BCUT2D eigenvalue weighted by atomic mass is 10.1. The molecule has 1 rings (SSSR count). The van der Waals surface area contributed by atoms with Crippen LogP contribution in [0.4, 0.5) is 4.39 Å². The number of aromatic nitrogens is 2. The Kier molecular flexibility index (Phi) is 4.67. The maximum atomic E-state index is 13.2. The third-order valence-corrected chi connectivity index (χ3v) is 1.83. The average Bonchev–Trinajstić information content (AvgIpc) is 2.36. The molecule has 0 radical (unpaired) electrons. The van der Waals surface area contributed by atoms with Crippen molar-refractivity contribution < 1.29 is 4.39 Å². The fraction of sp³-hybridized carbons (Fsp3) is 0.700. The van der Waals surface area contributed by atoms with Crippen LogP contribution in [-0.4, -0.2) is 9.78 Å². The quantitative estimate of drug-likeness (QED) is 0.659. The van der Waals surface area contributed by atoms with Crippen LogP contribution in [0.2, 0.25) is 0 Å². The van der Waals surface area contributed by atoms with Gasteiger partial charge >= 0.3 is 0 Å². The maximum Gasteiger partial charge on any atom is 0.167 e. The first kappa shape index (κ1) is 12.1. The van der Waals surface area contributed by atoms with Gasteiger partial charge in [0.1, 0.15) is 5.69 Å². The predicted molar refractivity (Wildman–Crippen MR) is 53.3 cm³/mol. The Morgan fingerprint density at radius 2 is 1.77 bits per heavy atom. The van der Waals surface area contributed by atoms with Crippen LogP contribution in [0, 0.1) is 12.7 Å². The third kappa shape index (κ3) is 2.54. The van der Waals surface area contributed by atoms with Gasteiger partial charge in [0.05, 0.1) is 5.69 Å². The highest BCUT2D eigenvalue weighted by Crippen LogP contribution is 2.18. The highest BCUT2D eigenvalue weighted by Gasteiger charge is 2.14. The second-order valence-corrected chi connectivity index (χ2v) is 3.06. The van der Waals surface area contributed by atoms with E-state index in [9.17, 15) is 4.39 Å². The van der Waals surface area contributed by atoms with Gasteiger partial charge in [-0.2, -0.15) is 5.10 Å². The highest BCUT2D eigenvalue weighted by atomic mass is 19.1. The van der Waals surface area contributed by atoms with Gasteiger partial charge in [0.25, 0.3) is 0 Å². The molecule has 0 bridgehead atoms. The lowest BCUT2D eigenvalue weighted by Crippen LogP contribution is -1.94. The van der Waals surface area contributed by atoms with Crippen molar-refractivity contribution in [2.24, 2.45) is 7.05 Å².